The fourth-order valence-electron chi connectivity index (χ4n) is 2.92. The molecule has 0 bridgehead atoms. The number of hydrogen-bond donors (Lipinski definition) is 0. The van der Waals surface area contributed by atoms with Crippen molar-refractivity contribution in [1.29, 1.82) is 0 Å². The van der Waals surface area contributed by atoms with Gasteiger partial charge >= 0.3 is 0 Å². The minimum Gasteiger partial charge on any atom is -0.341 e. The molecule has 1 aromatic rings. The quantitative estimate of drug-likeness (QED) is 0.569. The van der Waals surface area contributed by atoms with Crippen LogP contribution < -0.4 is 0 Å². The largest absolute Gasteiger partial charge is 0.341 e. The van der Waals surface area contributed by atoms with Crippen LogP contribution in [0.5, 0.6) is 0 Å². The lowest BCUT2D eigenvalue weighted by Crippen LogP contribution is -2.03. The van der Waals surface area contributed by atoms with Gasteiger partial charge in [-0.05, 0) is 43.4 Å². The van der Waals surface area contributed by atoms with E-state index in [4.69, 9.17) is 0 Å². The molecule has 0 radical (unpaired) electrons. The molecule has 0 atom stereocenters. The van der Waals surface area contributed by atoms with Crippen LogP contribution in [0.4, 0.5) is 0 Å². The second kappa shape index (κ2) is 6.82. The maximum absolute atomic E-state index is 2.52. The molecule has 1 aliphatic rings. The Balaban J connectivity index is 2.04. The molecule has 0 amide bonds. The molecule has 1 aliphatic heterocycles. The van der Waals surface area contributed by atoms with E-state index < -0.39 is 0 Å². The van der Waals surface area contributed by atoms with Gasteiger partial charge in [-0.1, -0.05) is 45.6 Å². The van der Waals surface area contributed by atoms with E-state index in [1.807, 2.05) is 0 Å². The summed E-state index contributed by atoms with van der Waals surface area (Å²) in [6.45, 7) is 5.67. The molecule has 0 fully saturated rings. The predicted molar refractivity (Wildman–Crippen MR) is 79.9 cm³/mol. The summed E-state index contributed by atoms with van der Waals surface area (Å²) >= 11 is 0. The highest BCUT2D eigenvalue weighted by molar-refractivity contribution is 5.53. The smallest absolute Gasteiger partial charge is 0.0412 e. The van der Waals surface area contributed by atoms with Crippen molar-refractivity contribution in [3.63, 3.8) is 0 Å². The minimum absolute atomic E-state index is 1.10. The standard InChI is InChI=1S/C17H27N/c1-3-5-7-10-15-14-16-11-9-13-18(16)17(15)12-8-6-4-2/h9,11,14H,3-8,10,12-13H2,1-2H3. The van der Waals surface area contributed by atoms with Gasteiger partial charge in [0.2, 0.25) is 0 Å². The molecule has 18 heavy (non-hydrogen) atoms. The Labute approximate surface area is 112 Å². The Hall–Kier alpha value is -0.980. The number of aryl methyl sites for hydroxylation is 1. The van der Waals surface area contributed by atoms with Crippen LogP contribution in [0.15, 0.2) is 12.1 Å². The van der Waals surface area contributed by atoms with E-state index in [-0.39, 0.29) is 0 Å². The van der Waals surface area contributed by atoms with Gasteiger partial charge in [0, 0.05) is 17.9 Å². The molecule has 2 heterocycles. The van der Waals surface area contributed by atoms with E-state index in [1.165, 1.54) is 57.1 Å². The summed E-state index contributed by atoms with van der Waals surface area (Å²) in [6, 6.07) is 2.43. The molecule has 0 N–H and O–H groups in total. The van der Waals surface area contributed by atoms with Crippen LogP contribution in [0.3, 0.4) is 0 Å². The third-order valence-corrected chi connectivity index (χ3v) is 3.97. The van der Waals surface area contributed by atoms with Gasteiger partial charge < -0.3 is 4.57 Å². The summed E-state index contributed by atoms with van der Waals surface area (Å²) in [4.78, 5) is 0. The highest BCUT2D eigenvalue weighted by Gasteiger charge is 2.14. The van der Waals surface area contributed by atoms with Gasteiger partial charge in [-0.3, -0.25) is 0 Å². The van der Waals surface area contributed by atoms with Crippen LogP contribution in [0.25, 0.3) is 6.08 Å². The summed E-state index contributed by atoms with van der Waals surface area (Å²) in [5, 5.41) is 0. The first-order chi connectivity index (χ1) is 8.86. The number of nitrogens with zero attached hydrogens (tertiary/aromatic N) is 1. The van der Waals surface area contributed by atoms with Gasteiger partial charge in [0.05, 0.1) is 0 Å². The van der Waals surface area contributed by atoms with Crippen LogP contribution in [0.1, 0.15) is 69.3 Å². The molecule has 100 valence electrons. The zero-order valence-corrected chi connectivity index (χ0v) is 12.0. The van der Waals surface area contributed by atoms with Crippen molar-refractivity contribution in [1.82, 2.24) is 4.57 Å². The van der Waals surface area contributed by atoms with Crippen molar-refractivity contribution in [2.24, 2.45) is 0 Å². The number of fused-ring (bicyclic) bond motifs is 1. The first-order valence-corrected chi connectivity index (χ1v) is 7.74. The molecular formula is C17H27N. The maximum atomic E-state index is 2.52. The molecule has 0 aliphatic carbocycles. The second-order valence-corrected chi connectivity index (χ2v) is 5.47. The maximum Gasteiger partial charge on any atom is 0.0412 e. The average Bonchev–Trinajstić information content (AvgIpc) is 2.92. The Morgan fingerprint density at radius 1 is 1.00 bits per heavy atom. The second-order valence-electron chi connectivity index (χ2n) is 5.47. The molecule has 1 nitrogen and oxygen atoms in total. The number of allylic oxidation sites excluding steroid dienone is 1. The molecule has 1 aromatic heterocycles. The molecule has 1 heteroatoms. The van der Waals surface area contributed by atoms with E-state index in [0.717, 1.165) is 6.54 Å². The zero-order valence-electron chi connectivity index (χ0n) is 12.0. The summed E-state index contributed by atoms with van der Waals surface area (Å²) in [6.07, 6.45) is 15.2. The van der Waals surface area contributed by atoms with E-state index in [0.29, 0.717) is 0 Å². The summed E-state index contributed by atoms with van der Waals surface area (Å²) < 4.78 is 2.52. The first kappa shape index (κ1) is 13.5. The summed E-state index contributed by atoms with van der Waals surface area (Å²) in [7, 11) is 0. The van der Waals surface area contributed by atoms with Crippen molar-refractivity contribution >= 4 is 6.08 Å². The van der Waals surface area contributed by atoms with Crippen molar-refractivity contribution < 1.29 is 0 Å². The minimum atomic E-state index is 1.10. The number of hydrogen-bond acceptors (Lipinski definition) is 0. The van der Waals surface area contributed by atoms with E-state index >= 15 is 0 Å². The number of aromatic nitrogens is 1. The molecule has 0 unspecified atom stereocenters. The van der Waals surface area contributed by atoms with Crippen molar-refractivity contribution in [2.75, 3.05) is 0 Å². The molecule has 0 spiro atoms. The summed E-state index contributed by atoms with van der Waals surface area (Å²) in [5.74, 6) is 0. The molecule has 0 aromatic carbocycles. The lowest BCUT2D eigenvalue weighted by molar-refractivity contribution is 0.658. The van der Waals surface area contributed by atoms with Crippen molar-refractivity contribution in [2.45, 2.75) is 71.8 Å². The van der Waals surface area contributed by atoms with Gasteiger partial charge in [-0.2, -0.15) is 0 Å². The summed E-state index contributed by atoms with van der Waals surface area (Å²) in [5.41, 5.74) is 4.69. The average molecular weight is 245 g/mol. The number of rotatable bonds is 8. The normalized spacial score (nSPS) is 13.2. The van der Waals surface area contributed by atoms with Crippen molar-refractivity contribution in [3.8, 4) is 0 Å². The van der Waals surface area contributed by atoms with E-state index in [9.17, 15) is 0 Å². The Bertz CT molecular complexity index is 398. The molecule has 0 saturated carbocycles. The Morgan fingerprint density at radius 2 is 1.72 bits per heavy atom. The zero-order chi connectivity index (χ0) is 12.8. The van der Waals surface area contributed by atoms with E-state index in [2.05, 4.69) is 36.6 Å². The predicted octanol–water partition coefficient (Wildman–Crippen LogP) is 4.98. The van der Waals surface area contributed by atoms with Crippen LogP contribution >= 0.6 is 0 Å². The third-order valence-electron chi connectivity index (χ3n) is 3.97. The van der Waals surface area contributed by atoms with Crippen LogP contribution in [0, 0.1) is 0 Å². The fourth-order valence-corrected chi connectivity index (χ4v) is 2.92. The van der Waals surface area contributed by atoms with Gasteiger partial charge in [-0.25, -0.2) is 0 Å². The Kier molecular flexibility index (Phi) is 5.10. The molecule has 2 rings (SSSR count). The van der Waals surface area contributed by atoms with Gasteiger partial charge in [-0.15, -0.1) is 0 Å². The molecule has 0 saturated heterocycles. The lowest BCUT2D eigenvalue weighted by Gasteiger charge is -2.09. The SMILES string of the molecule is CCCCCc1cc2n(c1CCCCC)CC=C2. The van der Waals surface area contributed by atoms with Crippen molar-refractivity contribution in [3.05, 3.63) is 29.1 Å². The van der Waals surface area contributed by atoms with Crippen LogP contribution in [-0.4, -0.2) is 4.57 Å². The Morgan fingerprint density at radius 3 is 2.44 bits per heavy atom. The van der Waals surface area contributed by atoms with Gasteiger partial charge in [0.15, 0.2) is 0 Å². The van der Waals surface area contributed by atoms with Gasteiger partial charge in [0.25, 0.3) is 0 Å². The fraction of sp³-hybridized carbons (Fsp3) is 0.647. The van der Waals surface area contributed by atoms with Crippen LogP contribution in [0.2, 0.25) is 0 Å². The topological polar surface area (TPSA) is 4.93 Å². The van der Waals surface area contributed by atoms with E-state index in [1.54, 1.807) is 11.3 Å². The monoisotopic (exact) mass is 245 g/mol. The van der Waals surface area contributed by atoms with Gasteiger partial charge in [0.1, 0.15) is 0 Å². The lowest BCUT2D eigenvalue weighted by atomic mass is 10.0. The molecular weight excluding hydrogens is 218 g/mol. The third kappa shape index (κ3) is 3.07. The first-order valence-electron chi connectivity index (χ1n) is 7.74. The highest BCUT2D eigenvalue weighted by atomic mass is 15.0. The van der Waals surface area contributed by atoms with Crippen LogP contribution in [-0.2, 0) is 19.4 Å². The number of unbranched alkanes of at least 4 members (excludes halogenated alkanes) is 4. The highest BCUT2D eigenvalue weighted by Crippen LogP contribution is 2.25.